The Morgan fingerprint density at radius 2 is 2.20 bits per heavy atom. The number of Topliss-reactive ketones (excluding diaryl/α,β-unsaturated/α-hetero) is 1. The molecule has 2 aliphatic carbocycles. The van der Waals surface area contributed by atoms with Crippen LogP contribution in [0.25, 0.3) is 0 Å². The second kappa shape index (κ2) is 3.77. The minimum atomic E-state index is 0.345. The molecule has 0 radical (unpaired) electrons. The third-order valence-electron chi connectivity index (χ3n) is 4.74. The fraction of sp³-hybridized carbons (Fsp3) is 0.786. The molecule has 1 saturated carbocycles. The Morgan fingerprint density at radius 3 is 2.87 bits per heavy atom. The van der Waals surface area contributed by atoms with E-state index in [2.05, 4.69) is 19.9 Å². The Hall–Kier alpha value is -0.590. The zero-order valence-electron chi connectivity index (χ0n) is 10.2. The molecule has 2 rings (SSSR count). The van der Waals surface area contributed by atoms with E-state index in [1.807, 2.05) is 0 Å². The highest BCUT2D eigenvalue weighted by Crippen LogP contribution is 2.53. The molecule has 2 aliphatic rings. The van der Waals surface area contributed by atoms with Crippen LogP contribution in [0.2, 0.25) is 0 Å². The number of carbonyl (C=O) groups excluding carboxylic acids is 1. The third-order valence-corrected chi connectivity index (χ3v) is 4.74. The molecule has 0 aromatic rings. The van der Waals surface area contributed by atoms with E-state index in [1.165, 1.54) is 24.8 Å². The maximum Gasteiger partial charge on any atom is 0.133 e. The molecule has 0 spiro atoms. The molecule has 84 valence electrons. The molecule has 1 nitrogen and oxygen atoms in total. The minimum Gasteiger partial charge on any atom is -0.300 e. The molecule has 0 amide bonds. The molecule has 15 heavy (non-hydrogen) atoms. The van der Waals surface area contributed by atoms with E-state index in [0.29, 0.717) is 23.0 Å². The first-order valence-corrected chi connectivity index (χ1v) is 6.19. The first kappa shape index (κ1) is 10.9. The van der Waals surface area contributed by atoms with Crippen LogP contribution in [0, 0.1) is 17.3 Å². The van der Waals surface area contributed by atoms with Crippen molar-refractivity contribution < 1.29 is 4.79 Å². The number of hydrogen-bond acceptors (Lipinski definition) is 1. The van der Waals surface area contributed by atoms with Gasteiger partial charge in [-0.3, -0.25) is 4.79 Å². The first-order chi connectivity index (χ1) is 7.03. The van der Waals surface area contributed by atoms with Crippen LogP contribution in [0.15, 0.2) is 11.6 Å². The Balaban J connectivity index is 2.23. The fourth-order valence-electron chi connectivity index (χ4n) is 3.52. The summed E-state index contributed by atoms with van der Waals surface area (Å²) >= 11 is 0. The first-order valence-electron chi connectivity index (χ1n) is 6.19. The predicted molar refractivity (Wildman–Crippen MR) is 62.6 cm³/mol. The molecule has 0 saturated heterocycles. The van der Waals surface area contributed by atoms with Crippen LogP contribution >= 0.6 is 0 Å². The lowest BCUT2D eigenvalue weighted by atomic mass is 9.73. The molecule has 0 bridgehead atoms. The lowest BCUT2D eigenvalue weighted by Gasteiger charge is -2.31. The van der Waals surface area contributed by atoms with Crippen molar-refractivity contribution in [1.29, 1.82) is 0 Å². The number of fused-ring (bicyclic) bond motifs is 1. The summed E-state index contributed by atoms with van der Waals surface area (Å²) in [5.74, 6) is 1.38. The zero-order chi connectivity index (χ0) is 11.1. The van der Waals surface area contributed by atoms with E-state index in [4.69, 9.17) is 0 Å². The highest BCUT2D eigenvalue weighted by molar-refractivity contribution is 5.79. The molecule has 1 heteroatoms. The lowest BCUT2D eigenvalue weighted by molar-refractivity contribution is -0.122. The fourth-order valence-corrected chi connectivity index (χ4v) is 3.52. The Labute approximate surface area is 92.9 Å². The van der Waals surface area contributed by atoms with Gasteiger partial charge in [0.2, 0.25) is 0 Å². The van der Waals surface area contributed by atoms with Gasteiger partial charge in [-0.05, 0) is 57.3 Å². The standard InChI is InChI=1S/C14H22O/c1-10-4-5-13-12(11(2)15)7-9-14(13,3)8-6-10/h4,12-13H,5-9H2,1-3H3/t12-,13-,14-/m0/s1. The maximum absolute atomic E-state index is 11.6. The Bertz CT molecular complexity index is 302. The number of allylic oxidation sites excluding steroid dienone is 2. The van der Waals surface area contributed by atoms with Crippen molar-refractivity contribution in [2.45, 2.75) is 52.9 Å². The van der Waals surface area contributed by atoms with Crippen molar-refractivity contribution in [3.63, 3.8) is 0 Å². The average molecular weight is 206 g/mol. The van der Waals surface area contributed by atoms with Crippen molar-refractivity contribution >= 4 is 5.78 Å². The van der Waals surface area contributed by atoms with Crippen LogP contribution in [0.3, 0.4) is 0 Å². The van der Waals surface area contributed by atoms with Gasteiger partial charge in [0.05, 0.1) is 0 Å². The van der Waals surface area contributed by atoms with E-state index >= 15 is 0 Å². The number of carbonyl (C=O) groups is 1. The van der Waals surface area contributed by atoms with Crippen LogP contribution in [-0.4, -0.2) is 5.78 Å². The molecule has 0 aromatic heterocycles. The maximum atomic E-state index is 11.6. The number of ketones is 1. The topological polar surface area (TPSA) is 17.1 Å². The Kier molecular flexibility index (Phi) is 2.74. The van der Waals surface area contributed by atoms with Gasteiger partial charge in [-0.15, -0.1) is 0 Å². The van der Waals surface area contributed by atoms with Crippen LogP contribution < -0.4 is 0 Å². The summed E-state index contributed by atoms with van der Waals surface area (Å²) in [6.45, 7) is 6.40. The van der Waals surface area contributed by atoms with E-state index in [9.17, 15) is 4.79 Å². The van der Waals surface area contributed by atoms with Gasteiger partial charge in [0.25, 0.3) is 0 Å². The van der Waals surface area contributed by atoms with Crippen LogP contribution in [0.4, 0.5) is 0 Å². The normalized spacial score (nSPS) is 40.6. The van der Waals surface area contributed by atoms with Crippen molar-refractivity contribution in [2.75, 3.05) is 0 Å². The summed E-state index contributed by atoms with van der Waals surface area (Å²) in [5.41, 5.74) is 1.96. The van der Waals surface area contributed by atoms with Gasteiger partial charge in [-0.25, -0.2) is 0 Å². The minimum absolute atomic E-state index is 0.345. The van der Waals surface area contributed by atoms with E-state index in [-0.39, 0.29) is 0 Å². The Morgan fingerprint density at radius 1 is 1.47 bits per heavy atom. The summed E-state index contributed by atoms with van der Waals surface area (Å²) in [7, 11) is 0. The molecule has 0 heterocycles. The molecule has 0 aromatic carbocycles. The summed E-state index contributed by atoms with van der Waals surface area (Å²) in [6, 6.07) is 0. The second-order valence-electron chi connectivity index (χ2n) is 5.80. The van der Waals surface area contributed by atoms with Gasteiger partial charge < -0.3 is 0 Å². The highest BCUT2D eigenvalue weighted by atomic mass is 16.1. The molecule has 1 fully saturated rings. The van der Waals surface area contributed by atoms with Crippen molar-refractivity contribution in [2.24, 2.45) is 17.3 Å². The molecular weight excluding hydrogens is 184 g/mol. The van der Waals surface area contributed by atoms with E-state index < -0.39 is 0 Å². The van der Waals surface area contributed by atoms with Crippen LogP contribution in [0.1, 0.15) is 52.9 Å². The zero-order valence-corrected chi connectivity index (χ0v) is 10.2. The van der Waals surface area contributed by atoms with Crippen molar-refractivity contribution in [3.05, 3.63) is 11.6 Å². The molecular formula is C14H22O. The van der Waals surface area contributed by atoms with Crippen molar-refractivity contribution in [1.82, 2.24) is 0 Å². The summed E-state index contributed by atoms with van der Waals surface area (Å²) in [6.07, 6.45) is 8.40. The summed E-state index contributed by atoms with van der Waals surface area (Å²) in [4.78, 5) is 11.6. The SMILES string of the molecule is CC(=O)[C@@H]1CC[C@]2(C)CCC(C)=CC[C@@H]12. The third kappa shape index (κ3) is 1.89. The largest absolute Gasteiger partial charge is 0.300 e. The second-order valence-corrected chi connectivity index (χ2v) is 5.80. The summed E-state index contributed by atoms with van der Waals surface area (Å²) in [5, 5.41) is 0. The smallest absolute Gasteiger partial charge is 0.133 e. The summed E-state index contributed by atoms with van der Waals surface area (Å²) < 4.78 is 0. The van der Waals surface area contributed by atoms with Gasteiger partial charge in [-0.2, -0.15) is 0 Å². The van der Waals surface area contributed by atoms with Gasteiger partial charge in [0.15, 0.2) is 0 Å². The van der Waals surface area contributed by atoms with E-state index in [0.717, 1.165) is 12.8 Å². The van der Waals surface area contributed by atoms with Gasteiger partial charge in [0.1, 0.15) is 5.78 Å². The van der Waals surface area contributed by atoms with Gasteiger partial charge >= 0.3 is 0 Å². The predicted octanol–water partition coefficient (Wildman–Crippen LogP) is 3.74. The molecule has 0 aliphatic heterocycles. The number of hydrogen-bond donors (Lipinski definition) is 0. The molecule has 0 unspecified atom stereocenters. The molecule has 3 atom stereocenters. The highest BCUT2D eigenvalue weighted by Gasteiger charge is 2.46. The average Bonchev–Trinajstić information content (AvgIpc) is 2.43. The van der Waals surface area contributed by atoms with Gasteiger partial charge in [0, 0.05) is 5.92 Å². The van der Waals surface area contributed by atoms with E-state index in [1.54, 1.807) is 6.92 Å². The van der Waals surface area contributed by atoms with Crippen LogP contribution in [-0.2, 0) is 4.79 Å². The van der Waals surface area contributed by atoms with Crippen molar-refractivity contribution in [3.8, 4) is 0 Å². The van der Waals surface area contributed by atoms with Gasteiger partial charge in [-0.1, -0.05) is 18.6 Å². The monoisotopic (exact) mass is 206 g/mol. The number of rotatable bonds is 1. The quantitative estimate of drug-likeness (QED) is 0.597. The van der Waals surface area contributed by atoms with Crippen LogP contribution in [0.5, 0.6) is 0 Å². The lowest BCUT2D eigenvalue weighted by Crippen LogP contribution is -2.27. The molecule has 0 N–H and O–H groups in total.